The number of carbonyl (C=O) groups is 2. The molecule has 18 heavy (non-hydrogen) atoms. The Kier molecular flexibility index (Phi) is 3.45. The van der Waals surface area contributed by atoms with E-state index in [2.05, 4.69) is 10.6 Å². The minimum absolute atomic E-state index is 0.106. The van der Waals surface area contributed by atoms with Crippen LogP contribution < -0.4 is 16.2 Å². The molecule has 2 rings (SSSR count). The molecule has 0 radical (unpaired) electrons. The number of aromatic nitrogens is 1. The van der Waals surface area contributed by atoms with Crippen LogP contribution in [-0.4, -0.2) is 22.4 Å². The molecule has 0 spiro atoms. The molecule has 0 bridgehead atoms. The number of hydrogen-bond donors (Lipinski definition) is 2. The zero-order valence-electron chi connectivity index (χ0n) is 10.1. The van der Waals surface area contributed by atoms with Crippen molar-refractivity contribution >= 4 is 11.8 Å². The zero-order valence-corrected chi connectivity index (χ0v) is 10.1. The first-order chi connectivity index (χ1) is 8.58. The van der Waals surface area contributed by atoms with E-state index in [1.54, 1.807) is 25.4 Å². The Morgan fingerprint density at radius 3 is 3.00 bits per heavy atom. The lowest BCUT2D eigenvalue weighted by atomic mass is 10.2. The quantitative estimate of drug-likeness (QED) is 0.742. The number of nitrogens with zero attached hydrogens (tertiary/aromatic N) is 1. The van der Waals surface area contributed by atoms with Gasteiger partial charge in [0.25, 0.3) is 5.56 Å². The first-order valence-electron chi connectivity index (χ1n) is 5.79. The van der Waals surface area contributed by atoms with Crippen molar-refractivity contribution < 1.29 is 9.59 Å². The SMILES string of the molecule is Cn1cccc(CNC(=O)C2CCC(=O)N2)c1=O. The van der Waals surface area contributed by atoms with Gasteiger partial charge in [-0.3, -0.25) is 14.4 Å². The van der Waals surface area contributed by atoms with Crippen molar-refractivity contribution in [3.8, 4) is 0 Å². The molecule has 0 aromatic carbocycles. The zero-order chi connectivity index (χ0) is 13.1. The fourth-order valence-corrected chi connectivity index (χ4v) is 1.90. The maximum absolute atomic E-state index is 11.7. The Bertz CT molecular complexity index is 536. The summed E-state index contributed by atoms with van der Waals surface area (Å²) in [4.78, 5) is 34.4. The molecular weight excluding hydrogens is 234 g/mol. The van der Waals surface area contributed by atoms with Crippen LogP contribution in [-0.2, 0) is 23.2 Å². The van der Waals surface area contributed by atoms with E-state index in [0.717, 1.165) is 0 Å². The van der Waals surface area contributed by atoms with Crippen LogP contribution in [0.4, 0.5) is 0 Å². The minimum Gasteiger partial charge on any atom is -0.350 e. The summed E-state index contributed by atoms with van der Waals surface area (Å²) in [6, 6.07) is 2.96. The first-order valence-corrected chi connectivity index (χ1v) is 5.79. The molecule has 2 N–H and O–H groups in total. The second-order valence-electron chi connectivity index (χ2n) is 4.33. The van der Waals surface area contributed by atoms with Crippen LogP contribution in [0.25, 0.3) is 0 Å². The van der Waals surface area contributed by atoms with E-state index in [1.165, 1.54) is 4.57 Å². The van der Waals surface area contributed by atoms with Gasteiger partial charge in [-0.15, -0.1) is 0 Å². The normalized spacial score (nSPS) is 18.5. The molecule has 1 saturated heterocycles. The van der Waals surface area contributed by atoms with Gasteiger partial charge in [0.2, 0.25) is 11.8 Å². The summed E-state index contributed by atoms with van der Waals surface area (Å²) in [5, 5.41) is 5.24. The highest BCUT2D eigenvalue weighted by Gasteiger charge is 2.26. The van der Waals surface area contributed by atoms with Crippen molar-refractivity contribution in [2.45, 2.75) is 25.4 Å². The second-order valence-corrected chi connectivity index (χ2v) is 4.33. The van der Waals surface area contributed by atoms with Gasteiger partial charge in [-0.25, -0.2) is 0 Å². The number of amides is 2. The van der Waals surface area contributed by atoms with E-state index in [9.17, 15) is 14.4 Å². The maximum Gasteiger partial charge on any atom is 0.255 e. The predicted octanol–water partition coefficient (Wildman–Crippen LogP) is -0.720. The van der Waals surface area contributed by atoms with Crippen molar-refractivity contribution in [2.24, 2.45) is 7.05 Å². The van der Waals surface area contributed by atoms with Crippen LogP contribution in [0.5, 0.6) is 0 Å². The predicted molar refractivity (Wildman–Crippen MR) is 64.7 cm³/mol. The lowest BCUT2D eigenvalue weighted by Gasteiger charge is -2.10. The fourth-order valence-electron chi connectivity index (χ4n) is 1.90. The average molecular weight is 249 g/mol. The van der Waals surface area contributed by atoms with Gasteiger partial charge in [0.05, 0.1) is 0 Å². The topological polar surface area (TPSA) is 80.2 Å². The van der Waals surface area contributed by atoms with Gasteiger partial charge in [-0.1, -0.05) is 6.07 Å². The summed E-state index contributed by atoms with van der Waals surface area (Å²) in [5.74, 6) is -0.350. The van der Waals surface area contributed by atoms with Gasteiger partial charge >= 0.3 is 0 Å². The minimum atomic E-state index is -0.468. The summed E-state index contributed by atoms with van der Waals surface area (Å²) >= 11 is 0. The number of hydrogen-bond acceptors (Lipinski definition) is 3. The van der Waals surface area contributed by atoms with Gasteiger partial charge in [0.15, 0.2) is 0 Å². The lowest BCUT2D eigenvalue weighted by molar-refractivity contribution is -0.125. The smallest absolute Gasteiger partial charge is 0.255 e. The second kappa shape index (κ2) is 5.03. The molecule has 2 amide bonds. The number of carbonyl (C=O) groups excluding carboxylic acids is 2. The number of pyridine rings is 1. The van der Waals surface area contributed by atoms with Gasteiger partial charge < -0.3 is 15.2 Å². The summed E-state index contributed by atoms with van der Waals surface area (Å²) in [5.41, 5.74) is 0.394. The maximum atomic E-state index is 11.7. The van der Waals surface area contributed by atoms with Crippen LogP contribution in [0.1, 0.15) is 18.4 Å². The van der Waals surface area contributed by atoms with E-state index in [-0.39, 0.29) is 23.9 Å². The molecule has 1 aromatic heterocycles. The van der Waals surface area contributed by atoms with E-state index in [4.69, 9.17) is 0 Å². The molecule has 96 valence electrons. The average Bonchev–Trinajstić information content (AvgIpc) is 2.77. The molecule has 1 aromatic rings. The number of aryl methyl sites for hydroxylation is 1. The standard InChI is InChI=1S/C12H15N3O3/c1-15-6-2-3-8(12(15)18)7-13-11(17)9-4-5-10(16)14-9/h2-3,6,9H,4-5,7H2,1H3,(H,13,17)(H,14,16). The Hall–Kier alpha value is -2.11. The van der Waals surface area contributed by atoms with Crippen molar-refractivity contribution in [3.63, 3.8) is 0 Å². The van der Waals surface area contributed by atoms with Gasteiger partial charge in [-0.05, 0) is 12.5 Å². The largest absolute Gasteiger partial charge is 0.350 e. The molecule has 6 nitrogen and oxygen atoms in total. The van der Waals surface area contributed by atoms with Crippen molar-refractivity contribution in [2.75, 3.05) is 0 Å². The van der Waals surface area contributed by atoms with Gasteiger partial charge in [0.1, 0.15) is 6.04 Å². The summed E-state index contributed by atoms with van der Waals surface area (Å²) in [7, 11) is 1.66. The molecule has 1 aliphatic heterocycles. The summed E-state index contributed by atoms with van der Waals surface area (Å²) < 4.78 is 1.46. The first kappa shape index (κ1) is 12.3. The summed E-state index contributed by atoms with van der Waals surface area (Å²) in [6.45, 7) is 0.179. The highest BCUT2D eigenvalue weighted by Crippen LogP contribution is 2.06. The third-order valence-electron chi connectivity index (χ3n) is 2.97. The summed E-state index contributed by atoms with van der Waals surface area (Å²) in [6.07, 6.45) is 2.55. The van der Waals surface area contributed by atoms with E-state index in [0.29, 0.717) is 18.4 Å². The molecule has 2 heterocycles. The van der Waals surface area contributed by atoms with Crippen molar-refractivity contribution in [1.29, 1.82) is 0 Å². The van der Waals surface area contributed by atoms with Crippen molar-refractivity contribution in [3.05, 3.63) is 34.2 Å². The lowest BCUT2D eigenvalue weighted by Crippen LogP contribution is -2.42. The third kappa shape index (κ3) is 2.58. The fraction of sp³-hybridized carbons (Fsp3) is 0.417. The molecule has 1 unspecified atom stereocenters. The number of nitrogens with one attached hydrogen (secondary N) is 2. The van der Waals surface area contributed by atoms with Crippen LogP contribution in [0.15, 0.2) is 23.1 Å². The van der Waals surface area contributed by atoms with E-state index < -0.39 is 6.04 Å². The van der Waals surface area contributed by atoms with E-state index in [1.807, 2.05) is 0 Å². The Morgan fingerprint density at radius 2 is 2.33 bits per heavy atom. The highest BCUT2D eigenvalue weighted by molar-refractivity contribution is 5.90. The Labute approximate surface area is 104 Å². The molecule has 6 heteroatoms. The molecular formula is C12H15N3O3. The third-order valence-corrected chi connectivity index (χ3v) is 2.97. The van der Waals surface area contributed by atoms with Gasteiger partial charge in [0, 0.05) is 31.8 Å². The number of rotatable bonds is 3. The van der Waals surface area contributed by atoms with Crippen LogP contribution >= 0.6 is 0 Å². The van der Waals surface area contributed by atoms with Crippen LogP contribution in [0, 0.1) is 0 Å². The van der Waals surface area contributed by atoms with Crippen molar-refractivity contribution in [1.82, 2.24) is 15.2 Å². The Morgan fingerprint density at radius 1 is 1.56 bits per heavy atom. The molecule has 0 saturated carbocycles. The molecule has 1 aliphatic rings. The molecule has 1 atom stereocenters. The highest BCUT2D eigenvalue weighted by atomic mass is 16.2. The van der Waals surface area contributed by atoms with Gasteiger partial charge in [-0.2, -0.15) is 0 Å². The molecule has 1 fully saturated rings. The monoisotopic (exact) mass is 249 g/mol. The Balaban J connectivity index is 1.95. The van der Waals surface area contributed by atoms with E-state index >= 15 is 0 Å². The van der Waals surface area contributed by atoms with Crippen LogP contribution in [0.2, 0.25) is 0 Å². The molecule has 0 aliphatic carbocycles. The van der Waals surface area contributed by atoms with Crippen LogP contribution in [0.3, 0.4) is 0 Å².